The smallest absolute Gasteiger partial charge is 0.00995 e. The summed E-state index contributed by atoms with van der Waals surface area (Å²) >= 11 is 0. The van der Waals surface area contributed by atoms with Crippen molar-refractivity contribution in [2.24, 2.45) is 0 Å². The Bertz CT molecular complexity index is 1460. The summed E-state index contributed by atoms with van der Waals surface area (Å²) < 4.78 is 0. The van der Waals surface area contributed by atoms with Crippen LogP contribution in [0, 0.1) is 0 Å². The molecule has 6 rings (SSSR count). The predicted molar refractivity (Wildman–Crippen MR) is 132 cm³/mol. The van der Waals surface area contributed by atoms with Crippen molar-refractivity contribution in [3.05, 3.63) is 120 Å². The zero-order valence-electron chi connectivity index (χ0n) is 16.5. The van der Waals surface area contributed by atoms with E-state index in [9.17, 15) is 0 Å². The van der Waals surface area contributed by atoms with E-state index in [0.29, 0.717) is 0 Å². The molecule has 0 aliphatic rings. The van der Waals surface area contributed by atoms with Crippen molar-refractivity contribution in [3.8, 4) is 0 Å². The standard InChI is InChI=1S/C30H20/c1-3-7-27-23(5-1)15-17-25-13-11-21(19-29(25)27)9-10-22-12-14-26-18-16-24-6-2-4-8-28(24)30(26)20-22/h1-20H. The molecular weight excluding hydrogens is 360 g/mol. The quantitative estimate of drug-likeness (QED) is 0.209. The summed E-state index contributed by atoms with van der Waals surface area (Å²) in [5.41, 5.74) is 2.44. The zero-order valence-corrected chi connectivity index (χ0v) is 16.5. The first-order chi connectivity index (χ1) is 14.8. The number of fused-ring (bicyclic) bond motifs is 6. The Balaban J connectivity index is 1.44. The van der Waals surface area contributed by atoms with Gasteiger partial charge in [-0.1, -0.05) is 109 Å². The van der Waals surface area contributed by atoms with Crippen LogP contribution in [0.25, 0.3) is 55.2 Å². The van der Waals surface area contributed by atoms with Gasteiger partial charge in [-0.15, -0.1) is 0 Å². The summed E-state index contributed by atoms with van der Waals surface area (Å²) in [6.45, 7) is 0. The monoisotopic (exact) mass is 380 g/mol. The molecule has 0 bridgehead atoms. The van der Waals surface area contributed by atoms with Gasteiger partial charge in [-0.3, -0.25) is 0 Å². The van der Waals surface area contributed by atoms with Crippen LogP contribution in [0.15, 0.2) is 109 Å². The molecule has 0 fully saturated rings. The van der Waals surface area contributed by atoms with Crippen molar-refractivity contribution in [1.29, 1.82) is 0 Å². The van der Waals surface area contributed by atoms with Crippen LogP contribution in [0.5, 0.6) is 0 Å². The van der Waals surface area contributed by atoms with Crippen LogP contribution >= 0.6 is 0 Å². The molecular formula is C30H20. The lowest BCUT2D eigenvalue weighted by Crippen LogP contribution is -1.81. The molecule has 0 aliphatic carbocycles. The van der Waals surface area contributed by atoms with Crippen LogP contribution in [0.2, 0.25) is 0 Å². The van der Waals surface area contributed by atoms with E-state index in [0.717, 1.165) is 0 Å². The lowest BCUT2D eigenvalue weighted by molar-refractivity contribution is 1.71. The van der Waals surface area contributed by atoms with Crippen molar-refractivity contribution in [3.63, 3.8) is 0 Å². The normalized spacial score (nSPS) is 11.9. The van der Waals surface area contributed by atoms with Gasteiger partial charge in [0.25, 0.3) is 0 Å². The van der Waals surface area contributed by atoms with E-state index < -0.39 is 0 Å². The van der Waals surface area contributed by atoms with Gasteiger partial charge in [-0.2, -0.15) is 0 Å². The first-order valence-electron chi connectivity index (χ1n) is 10.4. The molecule has 30 heavy (non-hydrogen) atoms. The molecule has 0 aliphatic heterocycles. The molecule has 6 aromatic rings. The molecule has 0 nitrogen and oxygen atoms in total. The van der Waals surface area contributed by atoms with E-state index in [4.69, 9.17) is 0 Å². The Hall–Kier alpha value is -3.90. The third kappa shape index (κ3) is 2.86. The molecule has 0 saturated carbocycles. The number of rotatable bonds is 2. The van der Waals surface area contributed by atoms with E-state index in [1.165, 1.54) is 54.2 Å². The summed E-state index contributed by atoms with van der Waals surface area (Å²) in [5, 5.41) is 10.4. The molecule has 0 unspecified atom stereocenters. The van der Waals surface area contributed by atoms with Gasteiger partial charge in [0, 0.05) is 0 Å². The van der Waals surface area contributed by atoms with Gasteiger partial charge in [-0.25, -0.2) is 0 Å². The first-order valence-corrected chi connectivity index (χ1v) is 10.4. The summed E-state index contributed by atoms with van der Waals surface area (Å²) in [5.74, 6) is 0. The average molecular weight is 380 g/mol. The molecule has 6 aromatic carbocycles. The van der Waals surface area contributed by atoms with Crippen molar-refractivity contribution in [2.75, 3.05) is 0 Å². The summed E-state index contributed by atoms with van der Waals surface area (Å²) in [7, 11) is 0. The topological polar surface area (TPSA) is 0 Å². The van der Waals surface area contributed by atoms with Gasteiger partial charge >= 0.3 is 0 Å². The Morgan fingerprint density at radius 3 is 1.17 bits per heavy atom. The lowest BCUT2D eigenvalue weighted by atomic mass is 9.98. The molecule has 0 atom stereocenters. The van der Waals surface area contributed by atoms with Crippen LogP contribution < -0.4 is 0 Å². The van der Waals surface area contributed by atoms with Crippen LogP contribution in [0.3, 0.4) is 0 Å². The van der Waals surface area contributed by atoms with E-state index in [1.54, 1.807) is 0 Å². The minimum absolute atomic E-state index is 1.22. The van der Waals surface area contributed by atoms with Crippen LogP contribution in [-0.2, 0) is 0 Å². The van der Waals surface area contributed by atoms with Gasteiger partial charge < -0.3 is 0 Å². The molecule has 0 saturated heterocycles. The lowest BCUT2D eigenvalue weighted by Gasteiger charge is -2.06. The largest absolute Gasteiger partial charge is 0.0616 e. The highest BCUT2D eigenvalue weighted by Gasteiger charge is 2.02. The van der Waals surface area contributed by atoms with Crippen molar-refractivity contribution in [2.45, 2.75) is 0 Å². The molecule has 0 amide bonds. The molecule has 0 N–H and O–H groups in total. The molecule has 0 aromatic heterocycles. The SMILES string of the molecule is C(=Cc1ccc2ccc3ccccc3c2c1)c1ccc2ccc3ccccc3c2c1. The number of hydrogen-bond donors (Lipinski definition) is 0. The summed E-state index contributed by atoms with van der Waals surface area (Å²) in [6, 6.07) is 39.4. The highest BCUT2D eigenvalue weighted by atomic mass is 14.1. The maximum atomic E-state index is 2.30. The van der Waals surface area contributed by atoms with Gasteiger partial charge in [0.05, 0.1) is 0 Å². The first kappa shape index (κ1) is 17.0. The molecule has 0 heteroatoms. The highest BCUT2D eigenvalue weighted by Crippen LogP contribution is 2.28. The van der Waals surface area contributed by atoms with Gasteiger partial charge in [0.1, 0.15) is 0 Å². The van der Waals surface area contributed by atoms with E-state index in [2.05, 4.69) is 121 Å². The maximum absolute atomic E-state index is 2.30. The minimum atomic E-state index is 1.22. The predicted octanol–water partition coefficient (Wildman–Crippen LogP) is 8.47. The number of hydrogen-bond acceptors (Lipinski definition) is 0. The molecule has 140 valence electrons. The maximum Gasteiger partial charge on any atom is -0.00995 e. The van der Waals surface area contributed by atoms with E-state index >= 15 is 0 Å². The second-order valence-electron chi connectivity index (χ2n) is 7.87. The van der Waals surface area contributed by atoms with Crippen molar-refractivity contribution < 1.29 is 0 Å². The summed E-state index contributed by atoms with van der Waals surface area (Å²) in [4.78, 5) is 0. The fourth-order valence-electron chi connectivity index (χ4n) is 4.44. The number of benzene rings is 6. The Morgan fingerprint density at radius 2 is 0.700 bits per heavy atom. The minimum Gasteiger partial charge on any atom is -0.0616 e. The fourth-order valence-corrected chi connectivity index (χ4v) is 4.44. The average Bonchev–Trinajstić information content (AvgIpc) is 2.82. The zero-order chi connectivity index (χ0) is 19.9. The Labute approximate surface area is 175 Å². The van der Waals surface area contributed by atoms with Crippen molar-refractivity contribution >= 4 is 55.2 Å². The molecule has 0 heterocycles. The fraction of sp³-hybridized carbons (Fsp3) is 0. The Kier molecular flexibility index (Phi) is 3.89. The highest BCUT2D eigenvalue weighted by molar-refractivity contribution is 6.09. The van der Waals surface area contributed by atoms with Gasteiger partial charge in [0.15, 0.2) is 0 Å². The Morgan fingerprint density at radius 1 is 0.333 bits per heavy atom. The molecule has 0 radical (unpaired) electrons. The van der Waals surface area contributed by atoms with Gasteiger partial charge in [0.2, 0.25) is 0 Å². The van der Waals surface area contributed by atoms with Crippen LogP contribution in [0.4, 0.5) is 0 Å². The third-order valence-corrected chi connectivity index (χ3v) is 6.01. The second-order valence-corrected chi connectivity index (χ2v) is 7.87. The van der Waals surface area contributed by atoms with Gasteiger partial charge in [-0.05, 0) is 66.3 Å². The second kappa shape index (κ2) is 6.86. The van der Waals surface area contributed by atoms with E-state index in [-0.39, 0.29) is 0 Å². The van der Waals surface area contributed by atoms with Crippen LogP contribution in [0.1, 0.15) is 11.1 Å². The third-order valence-electron chi connectivity index (χ3n) is 6.01. The van der Waals surface area contributed by atoms with Crippen LogP contribution in [-0.4, -0.2) is 0 Å². The summed E-state index contributed by atoms with van der Waals surface area (Å²) in [6.07, 6.45) is 4.43. The van der Waals surface area contributed by atoms with Crippen molar-refractivity contribution in [1.82, 2.24) is 0 Å². The molecule has 0 spiro atoms. The van der Waals surface area contributed by atoms with E-state index in [1.807, 2.05) is 0 Å².